The molecule has 4 rings (SSSR count). The molecule has 6 nitrogen and oxygen atoms in total. The van der Waals surface area contributed by atoms with Gasteiger partial charge in [0.1, 0.15) is 0 Å². The van der Waals surface area contributed by atoms with E-state index in [0.717, 1.165) is 37.9 Å². The third-order valence-corrected chi connectivity index (χ3v) is 6.37. The Balaban J connectivity index is 0.00000210. The third-order valence-electron chi connectivity index (χ3n) is 5.64. The lowest BCUT2D eigenvalue weighted by molar-refractivity contribution is -0.384. The molecule has 1 amide bonds. The summed E-state index contributed by atoms with van der Waals surface area (Å²) in [5, 5.41) is 18.4. The minimum absolute atomic E-state index is 0. The molecular weight excluding hydrogens is 386 g/mol. The van der Waals surface area contributed by atoms with Crippen LogP contribution in [0.3, 0.4) is 0 Å². The second-order valence-electron chi connectivity index (χ2n) is 7.20. The van der Waals surface area contributed by atoms with Crippen molar-refractivity contribution in [1.82, 2.24) is 10.2 Å². The number of non-ortho nitro benzene ring substituents is 1. The molecule has 1 spiro atoms. The molecule has 1 aromatic carbocycles. The largest absolute Gasteiger partial charge is 0.331 e. The fourth-order valence-corrected chi connectivity index (χ4v) is 4.68. The van der Waals surface area contributed by atoms with E-state index >= 15 is 0 Å². The minimum Gasteiger partial charge on any atom is -0.331 e. The number of carbonyl (C=O) groups is 1. The van der Waals surface area contributed by atoms with E-state index < -0.39 is 4.92 Å². The number of nitrogens with zero attached hydrogens (tertiary/aromatic N) is 2. The van der Waals surface area contributed by atoms with E-state index in [9.17, 15) is 14.9 Å². The van der Waals surface area contributed by atoms with Gasteiger partial charge in [0.2, 0.25) is 0 Å². The summed E-state index contributed by atoms with van der Waals surface area (Å²) in [4.78, 5) is 25.6. The lowest BCUT2D eigenvalue weighted by Gasteiger charge is -2.29. The highest BCUT2D eigenvalue weighted by atomic mass is 35.5. The van der Waals surface area contributed by atoms with E-state index in [1.807, 2.05) is 10.3 Å². The number of nitro benzene ring substituents is 1. The van der Waals surface area contributed by atoms with Gasteiger partial charge in [-0.05, 0) is 72.3 Å². The van der Waals surface area contributed by atoms with E-state index in [-0.39, 0.29) is 35.5 Å². The molecule has 1 aliphatic carbocycles. The van der Waals surface area contributed by atoms with E-state index in [0.29, 0.717) is 12.1 Å². The zero-order valence-electron chi connectivity index (χ0n) is 14.8. The Kier molecular flexibility index (Phi) is 5.83. The predicted molar refractivity (Wildman–Crippen MR) is 107 cm³/mol. The van der Waals surface area contributed by atoms with Gasteiger partial charge in [-0.3, -0.25) is 14.9 Å². The van der Waals surface area contributed by atoms with Crippen LogP contribution in [0.25, 0.3) is 0 Å². The number of hydrogen-bond acceptors (Lipinski definition) is 5. The lowest BCUT2D eigenvalue weighted by Crippen LogP contribution is -2.39. The van der Waals surface area contributed by atoms with Gasteiger partial charge in [-0.1, -0.05) is 0 Å². The van der Waals surface area contributed by atoms with Crippen LogP contribution in [0.1, 0.15) is 35.2 Å². The quantitative estimate of drug-likeness (QED) is 0.603. The Hall–Kier alpha value is -1.96. The first-order valence-corrected chi connectivity index (χ1v) is 9.81. The molecule has 1 saturated heterocycles. The molecule has 1 N–H and O–H groups in total. The molecular formula is C19H22ClN3O3S. The zero-order chi connectivity index (χ0) is 18.1. The summed E-state index contributed by atoms with van der Waals surface area (Å²) in [6.45, 7) is 2.61. The zero-order valence-corrected chi connectivity index (χ0v) is 16.4. The molecule has 2 fully saturated rings. The number of nitrogens with one attached hydrogen (secondary N) is 1. The molecule has 2 heterocycles. The van der Waals surface area contributed by atoms with Crippen LogP contribution in [-0.4, -0.2) is 34.9 Å². The molecule has 2 aliphatic rings. The number of rotatable bonds is 5. The second kappa shape index (κ2) is 7.96. The first-order chi connectivity index (χ1) is 12.6. The van der Waals surface area contributed by atoms with Gasteiger partial charge < -0.3 is 10.2 Å². The Bertz CT molecular complexity index is 804. The van der Waals surface area contributed by atoms with Crippen molar-refractivity contribution < 1.29 is 9.72 Å². The maximum Gasteiger partial charge on any atom is 0.269 e. The van der Waals surface area contributed by atoms with Gasteiger partial charge in [0.25, 0.3) is 11.6 Å². The molecule has 1 unspecified atom stereocenters. The first kappa shape index (κ1) is 19.8. The lowest BCUT2D eigenvalue weighted by atomic mass is 9.93. The van der Waals surface area contributed by atoms with Crippen LogP contribution in [0, 0.1) is 15.5 Å². The SMILES string of the molecule is Cl.O=C(c1ccc([N+](=O)[O-])cc1)N(Cc1ccsc1)C1CC12CCNCC2. The molecule has 2 aromatic rings. The van der Waals surface area contributed by atoms with Crippen LogP contribution < -0.4 is 5.32 Å². The molecule has 1 aliphatic heterocycles. The van der Waals surface area contributed by atoms with E-state index in [1.165, 1.54) is 12.1 Å². The number of hydrogen-bond donors (Lipinski definition) is 1. The molecule has 0 radical (unpaired) electrons. The molecule has 1 aromatic heterocycles. The van der Waals surface area contributed by atoms with Crippen molar-refractivity contribution in [3.63, 3.8) is 0 Å². The maximum absolute atomic E-state index is 13.2. The van der Waals surface area contributed by atoms with Crippen molar-refractivity contribution in [3.05, 3.63) is 62.3 Å². The summed E-state index contributed by atoms with van der Waals surface area (Å²) in [5.74, 6) is -0.0356. The normalized spacial score (nSPS) is 19.9. The molecule has 1 saturated carbocycles. The van der Waals surface area contributed by atoms with Crippen LogP contribution in [0.4, 0.5) is 5.69 Å². The summed E-state index contributed by atoms with van der Waals surface area (Å²) in [5.41, 5.74) is 1.91. The topological polar surface area (TPSA) is 75.5 Å². The highest BCUT2D eigenvalue weighted by Crippen LogP contribution is 2.56. The Morgan fingerprint density at radius 3 is 2.56 bits per heavy atom. The molecule has 27 heavy (non-hydrogen) atoms. The Morgan fingerprint density at radius 1 is 1.26 bits per heavy atom. The van der Waals surface area contributed by atoms with E-state index in [1.54, 1.807) is 23.5 Å². The fraction of sp³-hybridized carbons (Fsp3) is 0.421. The molecule has 8 heteroatoms. The smallest absolute Gasteiger partial charge is 0.269 e. The standard InChI is InChI=1S/C19H21N3O3S.ClH/c23-18(15-1-3-16(4-2-15)22(24)25)21(12-14-5-10-26-13-14)17-11-19(17)6-8-20-9-7-19;/h1-5,10,13,17,20H,6-9,11-12H2;1H. The highest BCUT2D eigenvalue weighted by Gasteiger charge is 2.57. The van der Waals surface area contributed by atoms with E-state index in [2.05, 4.69) is 16.8 Å². The van der Waals surface area contributed by atoms with Gasteiger partial charge in [-0.2, -0.15) is 11.3 Å². The highest BCUT2D eigenvalue weighted by molar-refractivity contribution is 7.07. The molecule has 0 bridgehead atoms. The monoisotopic (exact) mass is 407 g/mol. The number of nitro groups is 1. The van der Waals surface area contributed by atoms with Crippen molar-refractivity contribution in [2.45, 2.75) is 31.8 Å². The van der Waals surface area contributed by atoms with Crippen LogP contribution in [0.5, 0.6) is 0 Å². The molecule has 1 atom stereocenters. The van der Waals surface area contributed by atoms with Crippen LogP contribution in [0.2, 0.25) is 0 Å². The minimum atomic E-state index is -0.442. The Morgan fingerprint density at radius 2 is 1.96 bits per heavy atom. The summed E-state index contributed by atoms with van der Waals surface area (Å²) < 4.78 is 0. The number of benzene rings is 1. The van der Waals surface area contributed by atoms with Gasteiger partial charge in [-0.25, -0.2) is 0 Å². The van der Waals surface area contributed by atoms with Gasteiger partial charge >= 0.3 is 0 Å². The first-order valence-electron chi connectivity index (χ1n) is 8.86. The number of piperidine rings is 1. The Labute approximate surface area is 168 Å². The van der Waals surface area contributed by atoms with Gasteiger partial charge in [0.15, 0.2) is 0 Å². The van der Waals surface area contributed by atoms with Gasteiger partial charge in [0, 0.05) is 30.3 Å². The summed E-state index contributed by atoms with van der Waals surface area (Å²) in [7, 11) is 0. The van der Waals surface area contributed by atoms with Gasteiger partial charge in [-0.15, -0.1) is 12.4 Å². The van der Waals surface area contributed by atoms with E-state index in [4.69, 9.17) is 0 Å². The van der Waals surface area contributed by atoms with Crippen molar-refractivity contribution in [1.29, 1.82) is 0 Å². The number of halogens is 1. The van der Waals surface area contributed by atoms with Crippen molar-refractivity contribution >= 4 is 35.3 Å². The van der Waals surface area contributed by atoms with Crippen LogP contribution in [-0.2, 0) is 6.54 Å². The van der Waals surface area contributed by atoms with Crippen LogP contribution in [0.15, 0.2) is 41.1 Å². The average Bonchev–Trinajstić information content (AvgIpc) is 3.08. The third kappa shape index (κ3) is 4.00. The predicted octanol–water partition coefficient (Wildman–Crippen LogP) is 3.86. The second-order valence-corrected chi connectivity index (χ2v) is 7.98. The summed E-state index contributed by atoms with van der Waals surface area (Å²) in [6.07, 6.45) is 3.26. The summed E-state index contributed by atoms with van der Waals surface area (Å²) in [6, 6.07) is 8.26. The summed E-state index contributed by atoms with van der Waals surface area (Å²) >= 11 is 1.63. The number of carbonyl (C=O) groups excluding carboxylic acids is 1. The van der Waals surface area contributed by atoms with Crippen LogP contribution >= 0.6 is 23.7 Å². The fourth-order valence-electron chi connectivity index (χ4n) is 4.02. The number of amides is 1. The van der Waals surface area contributed by atoms with Gasteiger partial charge in [0.05, 0.1) is 4.92 Å². The number of thiophene rings is 1. The maximum atomic E-state index is 13.2. The van der Waals surface area contributed by atoms with Crippen molar-refractivity contribution in [2.75, 3.05) is 13.1 Å². The van der Waals surface area contributed by atoms with Crippen molar-refractivity contribution in [2.24, 2.45) is 5.41 Å². The van der Waals surface area contributed by atoms with Crippen molar-refractivity contribution in [3.8, 4) is 0 Å². The average molecular weight is 408 g/mol. The molecule has 144 valence electrons.